The minimum Gasteiger partial charge on any atom is -0.462 e. The van der Waals surface area contributed by atoms with Crippen LogP contribution in [0.3, 0.4) is 0 Å². The summed E-state index contributed by atoms with van der Waals surface area (Å²) in [6.45, 7) is 1.88. The number of benzene rings is 1. The molecular formula is C19H17FN2O2S. The molecule has 1 aliphatic rings. The molecule has 2 aromatic heterocycles. The van der Waals surface area contributed by atoms with Crippen LogP contribution in [-0.2, 0) is 5.54 Å². The van der Waals surface area contributed by atoms with Gasteiger partial charge in [-0.1, -0.05) is 12.1 Å². The molecule has 1 saturated carbocycles. The Labute approximate surface area is 148 Å². The SMILES string of the molecule is Cc1sc(-c2ccco2)nc1C(=O)NC1(c2ccc(F)cc2)CCC1. The predicted molar refractivity (Wildman–Crippen MR) is 93.9 cm³/mol. The molecule has 0 atom stereocenters. The zero-order valence-electron chi connectivity index (χ0n) is 13.7. The Kier molecular flexibility index (Phi) is 3.92. The maximum atomic E-state index is 13.2. The standard InChI is InChI=1S/C19H17FN2O2S/c1-12-16(21-18(25-12)15-4-2-11-24-15)17(23)22-19(9-3-10-19)13-5-7-14(20)8-6-13/h2,4-8,11H,3,9-10H2,1H3,(H,22,23). The van der Waals surface area contributed by atoms with Crippen molar-refractivity contribution >= 4 is 17.2 Å². The maximum Gasteiger partial charge on any atom is 0.271 e. The van der Waals surface area contributed by atoms with Crippen LogP contribution in [-0.4, -0.2) is 10.9 Å². The van der Waals surface area contributed by atoms with Gasteiger partial charge in [0.05, 0.1) is 11.8 Å². The minimum atomic E-state index is -0.425. The number of thiazole rings is 1. The van der Waals surface area contributed by atoms with Gasteiger partial charge in [0.1, 0.15) is 11.5 Å². The Hall–Kier alpha value is -2.47. The number of rotatable bonds is 4. The van der Waals surface area contributed by atoms with Gasteiger partial charge in [-0.2, -0.15) is 0 Å². The number of carbonyl (C=O) groups excluding carboxylic acids is 1. The van der Waals surface area contributed by atoms with Gasteiger partial charge in [-0.15, -0.1) is 11.3 Å². The van der Waals surface area contributed by atoms with Gasteiger partial charge in [0.2, 0.25) is 0 Å². The first kappa shape index (κ1) is 16.0. The van der Waals surface area contributed by atoms with Crippen molar-refractivity contribution in [3.63, 3.8) is 0 Å². The number of nitrogens with zero attached hydrogens (tertiary/aromatic N) is 1. The first-order valence-electron chi connectivity index (χ1n) is 8.17. The topological polar surface area (TPSA) is 55.1 Å². The monoisotopic (exact) mass is 356 g/mol. The number of aromatic nitrogens is 1. The van der Waals surface area contributed by atoms with Gasteiger partial charge < -0.3 is 9.73 Å². The van der Waals surface area contributed by atoms with E-state index in [9.17, 15) is 9.18 Å². The Morgan fingerprint density at radius 2 is 2.04 bits per heavy atom. The largest absolute Gasteiger partial charge is 0.462 e. The van der Waals surface area contributed by atoms with Gasteiger partial charge >= 0.3 is 0 Å². The molecule has 1 fully saturated rings. The van der Waals surface area contributed by atoms with Crippen molar-refractivity contribution < 1.29 is 13.6 Å². The number of hydrogen-bond acceptors (Lipinski definition) is 4. The summed E-state index contributed by atoms with van der Waals surface area (Å²) in [5, 5.41) is 3.83. The maximum absolute atomic E-state index is 13.2. The lowest BCUT2D eigenvalue weighted by Crippen LogP contribution is -2.51. The third kappa shape index (κ3) is 2.87. The second kappa shape index (κ2) is 6.11. The summed E-state index contributed by atoms with van der Waals surface area (Å²) in [6.07, 6.45) is 4.31. The van der Waals surface area contributed by atoms with E-state index in [0.29, 0.717) is 16.5 Å². The number of carbonyl (C=O) groups is 1. The van der Waals surface area contributed by atoms with Gasteiger partial charge in [-0.25, -0.2) is 9.37 Å². The first-order valence-corrected chi connectivity index (χ1v) is 8.99. The predicted octanol–water partition coefficient (Wildman–Crippen LogP) is 4.66. The van der Waals surface area contributed by atoms with Crippen molar-refractivity contribution in [3.05, 3.63) is 64.6 Å². The van der Waals surface area contributed by atoms with Crippen LogP contribution in [0.4, 0.5) is 4.39 Å². The molecule has 4 rings (SSSR count). The minimum absolute atomic E-state index is 0.199. The summed E-state index contributed by atoms with van der Waals surface area (Å²) in [6, 6.07) is 9.98. The lowest BCUT2D eigenvalue weighted by Gasteiger charge is -2.43. The van der Waals surface area contributed by atoms with Gasteiger partial charge in [0.15, 0.2) is 10.8 Å². The van der Waals surface area contributed by atoms with E-state index in [2.05, 4.69) is 10.3 Å². The van der Waals surface area contributed by atoms with Gasteiger partial charge in [0.25, 0.3) is 5.91 Å². The van der Waals surface area contributed by atoms with Crippen molar-refractivity contribution in [1.29, 1.82) is 0 Å². The van der Waals surface area contributed by atoms with Crippen LogP contribution in [0, 0.1) is 12.7 Å². The third-order valence-corrected chi connectivity index (χ3v) is 5.69. The molecule has 2 heterocycles. The van der Waals surface area contributed by atoms with Crippen LogP contribution in [0.2, 0.25) is 0 Å². The van der Waals surface area contributed by atoms with Crippen molar-refractivity contribution in [2.75, 3.05) is 0 Å². The molecule has 4 nitrogen and oxygen atoms in total. The molecule has 1 aliphatic carbocycles. The first-order chi connectivity index (χ1) is 12.1. The van der Waals surface area contributed by atoms with Crippen molar-refractivity contribution in [2.45, 2.75) is 31.7 Å². The molecule has 0 bridgehead atoms. The van der Waals surface area contributed by atoms with E-state index in [-0.39, 0.29) is 11.7 Å². The van der Waals surface area contributed by atoms with Gasteiger partial charge in [0, 0.05) is 4.88 Å². The fourth-order valence-electron chi connectivity index (χ4n) is 3.17. The second-order valence-electron chi connectivity index (χ2n) is 6.30. The summed E-state index contributed by atoms with van der Waals surface area (Å²) in [5.41, 5.74) is 0.934. The molecule has 0 saturated heterocycles. The van der Waals surface area contributed by atoms with Crippen LogP contribution in [0.25, 0.3) is 10.8 Å². The van der Waals surface area contributed by atoms with E-state index >= 15 is 0 Å². The van der Waals surface area contributed by atoms with Crippen LogP contribution in [0.5, 0.6) is 0 Å². The lowest BCUT2D eigenvalue weighted by molar-refractivity contribution is 0.0818. The number of amides is 1. The number of halogens is 1. The van der Waals surface area contributed by atoms with E-state index in [4.69, 9.17) is 4.42 Å². The Bertz CT molecular complexity index is 896. The summed E-state index contributed by atoms with van der Waals surface area (Å²) in [7, 11) is 0. The molecule has 128 valence electrons. The normalized spacial score (nSPS) is 15.6. The zero-order valence-corrected chi connectivity index (χ0v) is 14.5. The molecule has 1 N–H and O–H groups in total. The lowest BCUT2D eigenvalue weighted by atomic mass is 9.71. The highest BCUT2D eigenvalue weighted by Gasteiger charge is 2.40. The summed E-state index contributed by atoms with van der Waals surface area (Å²) < 4.78 is 18.6. The summed E-state index contributed by atoms with van der Waals surface area (Å²) in [5.74, 6) is 0.183. The molecular weight excluding hydrogens is 339 g/mol. The van der Waals surface area contributed by atoms with E-state index in [1.807, 2.05) is 13.0 Å². The molecule has 0 unspecified atom stereocenters. The van der Waals surface area contributed by atoms with Crippen LogP contribution in [0.15, 0.2) is 47.1 Å². The highest BCUT2D eigenvalue weighted by Crippen LogP contribution is 2.41. The number of nitrogens with one attached hydrogen (secondary N) is 1. The molecule has 0 spiro atoms. The number of furan rings is 1. The van der Waals surface area contributed by atoms with E-state index in [0.717, 1.165) is 29.7 Å². The molecule has 1 amide bonds. The average Bonchev–Trinajstić information content (AvgIpc) is 3.21. The van der Waals surface area contributed by atoms with Crippen LogP contribution >= 0.6 is 11.3 Å². The molecule has 1 aromatic carbocycles. The van der Waals surface area contributed by atoms with Crippen LogP contribution < -0.4 is 5.32 Å². The molecule has 0 aliphatic heterocycles. The van der Waals surface area contributed by atoms with Crippen molar-refractivity contribution in [2.24, 2.45) is 0 Å². The Morgan fingerprint density at radius 3 is 2.64 bits per heavy atom. The summed E-state index contributed by atoms with van der Waals surface area (Å²) in [4.78, 5) is 18.1. The van der Waals surface area contributed by atoms with E-state index in [1.165, 1.54) is 23.5 Å². The van der Waals surface area contributed by atoms with Gasteiger partial charge in [-0.05, 0) is 56.0 Å². The van der Waals surface area contributed by atoms with E-state index in [1.54, 1.807) is 24.5 Å². The van der Waals surface area contributed by atoms with Crippen molar-refractivity contribution in [1.82, 2.24) is 10.3 Å². The molecule has 6 heteroatoms. The van der Waals surface area contributed by atoms with Crippen molar-refractivity contribution in [3.8, 4) is 10.8 Å². The molecule has 3 aromatic rings. The quantitative estimate of drug-likeness (QED) is 0.740. The number of hydrogen-bond donors (Lipinski definition) is 1. The van der Waals surface area contributed by atoms with Crippen LogP contribution in [0.1, 0.15) is 40.2 Å². The summed E-state index contributed by atoms with van der Waals surface area (Å²) >= 11 is 1.43. The number of aryl methyl sites for hydroxylation is 1. The molecule has 0 radical (unpaired) electrons. The fraction of sp³-hybridized carbons (Fsp3) is 0.263. The highest BCUT2D eigenvalue weighted by molar-refractivity contribution is 7.15. The Balaban J connectivity index is 1.60. The Morgan fingerprint density at radius 1 is 1.28 bits per heavy atom. The fourth-order valence-corrected chi connectivity index (χ4v) is 4.05. The molecule has 25 heavy (non-hydrogen) atoms. The second-order valence-corrected chi connectivity index (χ2v) is 7.50. The van der Waals surface area contributed by atoms with Gasteiger partial charge in [-0.3, -0.25) is 4.79 Å². The average molecular weight is 356 g/mol. The third-order valence-electron chi connectivity index (χ3n) is 4.70. The highest BCUT2D eigenvalue weighted by atomic mass is 32.1. The zero-order chi connectivity index (χ0) is 17.4. The van der Waals surface area contributed by atoms with E-state index < -0.39 is 5.54 Å². The smallest absolute Gasteiger partial charge is 0.271 e.